The molecule has 4 heteroatoms. The lowest BCUT2D eigenvalue weighted by Gasteiger charge is -2.23. The van der Waals surface area contributed by atoms with Gasteiger partial charge in [-0.25, -0.2) is 5.90 Å². The minimum absolute atomic E-state index is 0.0799. The largest absolute Gasteiger partial charge is 0.349 e. The maximum Gasteiger partial charge on any atom is 0.248 e. The summed E-state index contributed by atoms with van der Waals surface area (Å²) in [4.78, 5) is 15.1. The van der Waals surface area contributed by atoms with Crippen molar-refractivity contribution in [3.8, 4) is 0 Å². The Balaban J connectivity index is 3.74. The van der Waals surface area contributed by atoms with E-state index in [1.165, 1.54) is 0 Å². The number of hydrogen-bond acceptors (Lipinski definition) is 3. The molecule has 0 atom stereocenters. The number of rotatable bonds is 4. The molecule has 0 aliphatic rings. The average Bonchev–Trinajstić information content (AvgIpc) is 1.87. The van der Waals surface area contributed by atoms with Gasteiger partial charge >= 0.3 is 0 Å². The summed E-state index contributed by atoms with van der Waals surface area (Å²) < 4.78 is 0. The van der Waals surface area contributed by atoms with E-state index in [4.69, 9.17) is 5.90 Å². The third kappa shape index (κ3) is 4.75. The van der Waals surface area contributed by atoms with Crippen molar-refractivity contribution in [2.45, 2.75) is 32.7 Å². The summed E-state index contributed by atoms with van der Waals surface area (Å²) in [5, 5.41) is 2.76. The smallest absolute Gasteiger partial charge is 0.248 e. The van der Waals surface area contributed by atoms with Crippen LogP contribution in [0.25, 0.3) is 0 Å². The molecule has 0 bridgehead atoms. The van der Waals surface area contributed by atoms with Crippen LogP contribution in [0.5, 0.6) is 0 Å². The Morgan fingerprint density at radius 3 is 2.55 bits per heavy atom. The molecule has 0 aromatic carbocycles. The molecule has 0 radical (unpaired) electrons. The Morgan fingerprint density at radius 1 is 1.64 bits per heavy atom. The van der Waals surface area contributed by atoms with Crippen molar-refractivity contribution in [2.75, 3.05) is 6.61 Å². The summed E-state index contributed by atoms with van der Waals surface area (Å²) in [5.41, 5.74) is -0.171. The molecule has 11 heavy (non-hydrogen) atoms. The van der Waals surface area contributed by atoms with E-state index in [2.05, 4.69) is 10.2 Å². The first-order chi connectivity index (χ1) is 5.02. The van der Waals surface area contributed by atoms with Gasteiger partial charge in [0.15, 0.2) is 0 Å². The SMILES string of the molecule is CCC(C)(C)NC(=O)CON. The van der Waals surface area contributed by atoms with Gasteiger partial charge in [-0.3, -0.25) is 9.63 Å². The summed E-state index contributed by atoms with van der Waals surface area (Å²) in [7, 11) is 0. The number of nitrogens with one attached hydrogen (secondary N) is 1. The second kappa shape index (κ2) is 4.31. The van der Waals surface area contributed by atoms with Gasteiger partial charge in [0.2, 0.25) is 5.91 Å². The molecule has 0 saturated heterocycles. The second-order valence-corrected chi connectivity index (χ2v) is 3.10. The minimum Gasteiger partial charge on any atom is -0.349 e. The standard InChI is InChI=1S/C7H16N2O2/c1-4-7(2,3)9-6(10)5-11-8/h4-5,8H2,1-3H3,(H,9,10). The molecule has 0 rings (SSSR count). The Morgan fingerprint density at radius 2 is 2.18 bits per heavy atom. The zero-order valence-corrected chi connectivity index (χ0v) is 7.31. The molecule has 66 valence electrons. The van der Waals surface area contributed by atoms with Gasteiger partial charge in [-0.05, 0) is 20.3 Å². The summed E-state index contributed by atoms with van der Waals surface area (Å²) >= 11 is 0. The maximum absolute atomic E-state index is 10.9. The molecule has 0 unspecified atom stereocenters. The van der Waals surface area contributed by atoms with E-state index < -0.39 is 0 Å². The first-order valence-corrected chi connectivity index (χ1v) is 3.64. The number of nitrogens with two attached hydrogens (primary N) is 1. The van der Waals surface area contributed by atoms with E-state index in [9.17, 15) is 4.79 Å². The summed E-state index contributed by atoms with van der Waals surface area (Å²) in [5.74, 6) is 4.55. The van der Waals surface area contributed by atoms with E-state index in [0.717, 1.165) is 6.42 Å². The Hall–Kier alpha value is -0.610. The van der Waals surface area contributed by atoms with Crippen LogP contribution in [-0.4, -0.2) is 18.1 Å². The Kier molecular flexibility index (Phi) is 4.07. The van der Waals surface area contributed by atoms with E-state index in [-0.39, 0.29) is 18.1 Å². The molecule has 3 N–H and O–H groups in total. The van der Waals surface area contributed by atoms with Crippen molar-refractivity contribution in [1.82, 2.24) is 5.32 Å². The van der Waals surface area contributed by atoms with Gasteiger partial charge in [0.25, 0.3) is 0 Å². The Bertz CT molecular complexity index is 134. The first kappa shape index (κ1) is 10.4. The van der Waals surface area contributed by atoms with Crippen molar-refractivity contribution in [1.29, 1.82) is 0 Å². The third-order valence-corrected chi connectivity index (χ3v) is 1.58. The molecular formula is C7H16N2O2. The van der Waals surface area contributed by atoms with Crippen LogP contribution in [0.4, 0.5) is 0 Å². The molecule has 1 amide bonds. The van der Waals surface area contributed by atoms with Crippen LogP contribution in [0.3, 0.4) is 0 Å². The van der Waals surface area contributed by atoms with E-state index in [0.29, 0.717) is 0 Å². The topological polar surface area (TPSA) is 64.3 Å². The van der Waals surface area contributed by atoms with Crippen molar-refractivity contribution >= 4 is 5.91 Å². The van der Waals surface area contributed by atoms with Crippen molar-refractivity contribution in [2.24, 2.45) is 5.90 Å². The van der Waals surface area contributed by atoms with E-state index in [1.54, 1.807) is 0 Å². The fourth-order valence-corrected chi connectivity index (χ4v) is 0.578. The average molecular weight is 160 g/mol. The molecule has 0 aromatic rings. The van der Waals surface area contributed by atoms with Gasteiger partial charge in [0.05, 0.1) is 0 Å². The molecule has 4 nitrogen and oxygen atoms in total. The van der Waals surface area contributed by atoms with E-state index >= 15 is 0 Å². The lowest BCUT2D eigenvalue weighted by molar-refractivity contribution is -0.127. The second-order valence-electron chi connectivity index (χ2n) is 3.10. The highest BCUT2D eigenvalue weighted by molar-refractivity contribution is 5.77. The molecule has 0 heterocycles. The number of carbonyl (C=O) groups excluding carboxylic acids is 1. The van der Waals surface area contributed by atoms with Crippen molar-refractivity contribution < 1.29 is 9.63 Å². The molecule has 0 aliphatic heterocycles. The molecule has 0 saturated carbocycles. The van der Waals surface area contributed by atoms with Crippen LogP contribution in [0.1, 0.15) is 27.2 Å². The zero-order chi connectivity index (χ0) is 8.91. The monoisotopic (exact) mass is 160 g/mol. The van der Waals surface area contributed by atoms with Gasteiger partial charge in [-0.1, -0.05) is 6.92 Å². The molecular weight excluding hydrogens is 144 g/mol. The van der Waals surface area contributed by atoms with Crippen LogP contribution >= 0.6 is 0 Å². The predicted octanol–water partition coefficient (Wildman–Crippen LogP) is 0.181. The van der Waals surface area contributed by atoms with Gasteiger partial charge in [-0.15, -0.1) is 0 Å². The predicted molar refractivity (Wildman–Crippen MR) is 42.7 cm³/mol. The summed E-state index contributed by atoms with van der Waals surface area (Å²) in [6, 6.07) is 0. The number of hydrogen-bond donors (Lipinski definition) is 2. The fourth-order valence-electron chi connectivity index (χ4n) is 0.578. The van der Waals surface area contributed by atoms with E-state index in [1.807, 2.05) is 20.8 Å². The van der Waals surface area contributed by atoms with Gasteiger partial charge in [0.1, 0.15) is 6.61 Å². The lowest BCUT2D eigenvalue weighted by atomic mass is 10.0. The van der Waals surface area contributed by atoms with Gasteiger partial charge < -0.3 is 5.32 Å². The number of carbonyl (C=O) groups is 1. The van der Waals surface area contributed by atoms with Crippen LogP contribution < -0.4 is 11.2 Å². The normalized spacial score (nSPS) is 11.3. The van der Waals surface area contributed by atoms with Crippen molar-refractivity contribution in [3.05, 3.63) is 0 Å². The van der Waals surface area contributed by atoms with Gasteiger partial charge in [-0.2, -0.15) is 0 Å². The highest BCUT2D eigenvalue weighted by atomic mass is 16.6. The van der Waals surface area contributed by atoms with Crippen LogP contribution in [0, 0.1) is 0 Å². The third-order valence-electron chi connectivity index (χ3n) is 1.58. The first-order valence-electron chi connectivity index (χ1n) is 3.64. The molecule has 0 spiro atoms. The summed E-state index contributed by atoms with van der Waals surface area (Å²) in [6.45, 7) is 5.82. The van der Waals surface area contributed by atoms with Crippen LogP contribution in [0.2, 0.25) is 0 Å². The quantitative estimate of drug-likeness (QED) is 0.577. The molecule has 0 aliphatic carbocycles. The summed E-state index contributed by atoms with van der Waals surface area (Å²) in [6.07, 6.45) is 0.878. The van der Waals surface area contributed by atoms with Crippen LogP contribution in [-0.2, 0) is 9.63 Å². The minimum atomic E-state index is -0.181. The highest BCUT2D eigenvalue weighted by Crippen LogP contribution is 2.05. The highest BCUT2D eigenvalue weighted by Gasteiger charge is 2.16. The number of amides is 1. The lowest BCUT2D eigenvalue weighted by Crippen LogP contribution is -2.44. The van der Waals surface area contributed by atoms with Crippen LogP contribution in [0.15, 0.2) is 0 Å². The molecule has 0 aromatic heterocycles. The fraction of sp³-hybridized carbons (Fsp3) is 0.857. The maximum atomic E-state index is 10.9. The van der Waals surface area contributed by atoms with Crippen molar-refractivity contribution in [3.63, 3.8) is 0 Å². The zero-order valence-electron chi connectivity index (χ0n) is 7.31. The molecule has 0 fully saturated rings. The Labute approximate surface area is 67.0 Å². The van der Waals surface area contributed by atoms with Gasteiger partial charge in [0, 0.05) is 5.54 Å².